The molecule has 4 rings (SSSR count). The molecule has 3 aromatic carbocycles. The molecule has 0 bridgehead atoms. The van der Waals surface area contributed by atoms with Gasteiger partial charge in [-0.1, -0.05) is 36.4 Å². The fourth-order valence-corrected chi connectivity index (χ4v) is 3.32. The Balaban J connectivity index is 1.21. The van der Waals surface area contributed by atoms with Crippen molar-refractivity contribution in [3.63, 3.8) is 0 Å². The van der Waals surface area contributed by atoms with Crippen LogP contribution in [0.3, 0.4) is 0 Å². The van der Waals surface area contributed by atoms with E-state index in [0.29, 0.717) is 17.0 Å². The van der Waals surface area contributed by atoms with Gasteiger partial charge in [-0.3, -0.25) is 14.4 Å². The Morgan fingerprint density at radius 2 is 1.50 bits per heavy atom. The minimum absolute atomic E-state index is 0.139. The molecular formula is C26H23N3O5. The number of hydrogen-bond acceptors (Lipinski definition) is 5. The maximum atomic E-state index is 12.3. The number of carbonyl (C=O) groups excluding carboxylic acids is 3. The van der Waals surface area contributed by atoms with Crippen molar-refractivity contribution in [3.8, 4) is 5.75 Å². The third-order valence-corrected chi connectivity index (χ3v) is 4.98. The van der Waals surface area contributed by atoms with E-state index in [2.05, 4.69) is 16.0 Å². The van der Waals surface area contributed by atoms with Gasteiger partial charge in [0.25, 0.3) is 17.7 Å². The molecule has 0 aliphatic rings. The first-order valence-corrected chi connectivity index (χ1v) is 10.7. The highest BCUT2D eigenvalue weighted by atomic mass is 16.5. The lowest BCUT2D eigenvalue weighted by Crippen LogP contribution is -2.34. The fourth-order valence-electron chi connectivity index (χ4n) is 3.32. The summed E-state index contributed by atoms with van der Waals surface area (Å²) in [7, 11) is 0. The summed E-state index contributed by atoms with van der Waals surface area (Å²) in [6.07, 6.45) is 1.42. The van der Waals surface area contributed by atoms with Crippen molar-refractivity contribution in [3.05, 3.63) is 96.4 Å². The highest BCUT2D eigenvalue weighted by Crippen LogP contribution is 2.25. The highest BCUT2D eigenvalue weighted by Gasteiger charge is 2.10. The van der Waals surface area contributed by atoms with Gasteiger partial charge in [0.15, 0.2) is 12.4 Å². The number of anilines is 1. The van der Waals surface area contributed by atoms with E-state index in [1.165, 1.54) is 6.26 Å². The van der Waals surface area contributed by atoms with Gasteiger partial charge in [0.2, 0.25) is 0 Å². The first kappa shape index (κ1) is 22.6. The van der Waals surface area contributed by atoms with Crippen LogP contribution in [0.5, 0.6) is 5.75 Å². The van der Waals surface area contributed by atoms with Crippen LogP contribution in [0.25, 0.3) is 10.8 Å². The summed E-state index contributed by atoms with van der Waals surface area (Å²) < 4.78 is 10.7. The van der Waals surface area contributed by atoms with Gasteiger partial charge in [-0.2, -0.15) is 0 Å². The van der Waals surface area contributed by atoms with Crippen molar-refractivity contribution in [1.82, 2.24) is 10.6 Å². The number of nitrogens with one attached hydrogen (secondary N) is 3. The Morgan fingerprint density at radius 1 is 0.765 bits per heavy atom. The van der Waals surface area contributed by atoms with Crippen molar-refractivity contribution in [2.75, 3.05) is 25.0 Å². The highest BCUT2D eigenvalue weighted by molar-refractivity contribution is 5.96. The summed E-state index contributed by atoms with van der Waals surface area (Å²) in [5.41, 5.74) is 0.983. The van der Waals surface area contributed by atoms with E-state index in [4.69, 9.17) is 9.15 Å². The molecule has 34 heavy (non-hydrogen) atoms. The zero-order valence-electron chi connectivity index (χ0n) is 18.2. The van der Waals surface area contributed by atoms with Crippen molar-refractivity contribution >= 4 is 34.2 Å². The van der Waals surface area contributed by atoms with Crippen LogP contribution in [0.1, 0.15) is 20.9 Å². The van der Waals surface area contributed by atoms with Crippen LogP contribution in [-0.2, 0) is 4.79 Å². The maximum Gasteiger partial charge on any atom is 0.287 e. The van der Waals surface area contributed by atoms with Gasteiger partial charge in [0.05, 0.1) is 6.26 Å². The minimum Gasteiger partial charge on any atom is -0.483 e. The Hall–Kier alpha value is -4.59. The predicted molar refractivity (Wildman–Crippen MR) is 128 cm³/mol. The van der Waals surface area contributed by atoms with Crippen LogP contribution in [0, 0.1) is 0 Å². The van der Waals surface area contributed by atoms with Crippen LogP contribution >= 0.6 is 0 Å². The molecule has 8 nitrogen and oxygen atoms in total. The second kappa shape index (κ2) is 10.8. The van der Waals surface area contributed by atoms with Crippen LogP contribution < -0.4 is 20.7 Å². The minimum atomic E-state index is -0.344. The number of rotatable bonds is 9. The number of ether oxygens (including phenoxy) is 1. The van der Waals surface area contributed by atoms with E-state index >= 15 is 0 Å². The number of carbonyl (C=O) groups is 3. The normalized spacial score (nSPS) is 10.5. The van der Waals surface area contributed by atoms with E-state index in [-0.39, 0.29) is 43.2 Å². The molecule has 0 unspecified atom stereocenters. The Labute approximate surface area is 195 Å². The van der Waals surface area contributed by atoms with E-state index in [1.807, 2.05) is 42.5 Å². The summed E-state index contributed by atoms with van der Waals surface area (Å²) in [5, 5.41) is 10.1. The second-order valence-electron chi connectivity index (χ2n) is 7.38. The standard InChI is InChI=1S/C26H23N3O5/c30-24(17-34-22-8-3-6-18-5-1-2-7-21(18)22)29-20-12-10-19(11-13-20)25(31)27-14-15-28-26(32)23-9-4-16-33-23/h1-13,16H,14-15,17H2,(H,27,31)(H,28,32)(H,29,30). The third-order valence-electron chi connectivity index (χ3n) is 4.98. The van der Waals surface area contributed by atoms with Gasteiger partial charge in [0.1, 0.15) is 5.75 Å². The van der Waals surface area contributed by atoms with E-state index in [0.717, 1.165) is 10.8 Å². The topological polar surface area (TPSA) is 110 Å². The molecule has 0 aliphatic carbocycles. The Bertz CT molecular complexity index is 1280. The number of amides is 3. The first-order chi connectivity index (χ1) is 16.6. The molecule has 0 aliphatic heterocycles. The first-order valence-electron chi connectivity index (χ1n) is 10.7. The lowest BCUT2D eigenvalue weighted by molar-refractivity contribution is -0.118. The monoisotopic (exact) mass is 457 g/mol. The van der Waals surface area contributed by atoms with Crippen LogP contribution in [0.15, 0.2) is 89.5 Å². The van der Waals surface area contributed by atoms with Crippen molar-refractivity contribution in [2.45, 2.75) is 0 Å². The van der Waals surface area contributed by atoms with Gasteiger partial charge in [0, 0.05) is 29.7 Å². The van der Waals surface area contributed by atoms with E-state index in [9.17, 15) is 14.4 Å². The summed E-state index contributed by atoms with van der Waals surface area (Å²) in [6.45, 7) is 0.380. The summed E-state index contributed by atoms with van der Waals surface area (Å²) in [4.78, 5) is 36.3. The molecule has 1 heterocycles. The number of hydrogen-bond donors (Lipinski definition) is 3. The summed E-state index contributed by atoms with van der Waals surface area (Å²) in [5.74, 6) is -0.0854. The van der Waals surface area contributed by atoms with E-state index in [1.54, 1.807) is 36.4 Å². The molecule has 1 aromatic heterocycles. The Morgan fingerprint density at radius 3 is 2.26 bits per heavy atom. The average Bonchev–Trinajstić information content (AvgIpc) is 3.41. The lowest BCUT2D eigenvalue weighted by Gasteiger charge is -2.10. The number of furan rings is 1. The van der Waals surface area contributed by atoms with Crippen molar-refractivity contribution in [2.24, 2.45) is 0 Å². The maximum absolute atomic E-state index is 12.3. The van der Waals surface area contributed by atoms with E-state index < -0.39 is 0 Å². The van der Waals surface area contributed by atoms with Crippen LogP contribution in [0.4, 0.5) is 5.69 Å². The molecule has 8 heteroatoms. The average molecular weight is 457 g/mol. The Kier molecular flexibility index (Phi) is 7.19. The molecule has 4 aromatic rings. The molecule has 0 fully saturated rings. The fraction of sp³-hybridized carbons (Fsp3) is 0.115. The molecule has 172 valence electrons. The van der Waals surface area contributed by atoms with Gasteiger partial charge in [-0.15, -0.1) is 0 Å². The zero-order valence-corrected chi connectivity index (χ0v) is 18.2. The van der Waals surface area contributed by atoms with Crippen molar-refractivity contribution < 1.29 is 23.5 Å². The third kappa shape index (κ3) is 5.80. The second-order valence-corrected chi connectivity index (χ2v) is 7.38. The number of benzene rings is 3. The largest absolute Gasteiger partial charge is 0.483 e. The summed E-state index contributed by atoms with van der Waals surface area (Å²) >= 11 is 0. The number of fused-ring (bicyclic) bond motifs is 1. The SMILES string of the molecule is O=C(COc1cccc2ccccc12)Nc1ccc(C(=O)NCCNC(=O)c2ccco2)cc1. The molecule has 3 amide bonds. The molecule has 0 saturated carbocycles. The molecular weight excluding hydrogens is 434 g/mol. The lowest BCUT2D eigenvalue weighted by atomic mass is 10.1. The predicted octanol–water partition coefficient (Wildman–Crippen LogP) is 3.61. The molecule has 0 atom stereocenters. The quantitative estimate of drug-likeness (QED) is 0.333. The molecule has 3 N–H and O–H groups in total. The summed E-state index contributed by atoms with van der Waals surface area (Å²) in [6, 6.07) is 23.2. The smallest absolute Gasteiger partial charge is 0.287 e. The zero-order chi connectivity index (χ0) is 23.8. The van der Waals surface area contributed by atoms with Crippen molar-refractivity contribution in [1.29, 1.82) is 0 Å². The molecule has 0 saturated heterocycles. The van der Waals surface area contributed by atoms with Gasteiger partial charge >= 0.3 is 0 Å². The van der Waals surface area contributed by atoms with Gasteiger partial charge < -0.3 is 25.1 Å². The van der Waals surface area contributed by atoms with Gasteiger partial charge in [-0.05, 0) is 47.9 Å². The van der Waals surface area contributed by atoms with Gasteiger partial charge in [-0.25, -0.2) is 0 Å². The van der Waals surface area contributed by atoms with Crippen LogP contribution in [0.2, 0.25) is 0 Å². The molecule has 0 radical (unpaired) electrons. The molecule has 0 spiro atoms. The van der Waals surface area contributed by atoms with Crippen LogP contribution in [-0.4, -0.2) is 37.4 Å².